The number of hydrogen-bond acceptors (Lipinski definition) is 5. The Kier molecular flexibility index (Phi) is 10.0. The minimum Gasteiger partial charge on any atom is -0.383 e. The predicted octanol–water partition coefficient (Wildman–Crippen LogP) is 4.79. The van der Waals surface area contributed by atoms with Gasteiger partial charge in [-0.3, -0.25) is 9.59 Å². The first-order valence-electron chi connectivity index (χ1n) is 13.4. The van der Waals surface area contributed by atoms with Crippen LogP contribution in [0.3, 0.4) is 0 Å². The third kappa shape index (κ3) is 8.23. The normalized spacial score (nSPS) is 13.4. The van der Waals surface area contributed by atoms with E-state index >= 15 is 0 Å². The van der Waals surface area contributed by atoms with Crippen LogP contribution in [0.5, 0.6) is 0 Å². The van der Waals surface area contributed by atoms with Gasteiger partial charge in [-0.1, -0.05) is 24.3 Å². The largest absolute Gasteiger partial charge is 0.416 e. The Morgan fingerprint density at radius 2 is 1.55 bits per heavy atom. The Bertz CT molecular complexity index is 1360. The first-order valence-corrected chi connectivity index (χ1v) is 13.4. The van der Waals surface area contributed by atoms with Gasteiger partial charge in [0.25, 0.3) is 5.91 Å². The number of amides is 4. The van der Waals surface area contributed by atoms with Gasteiger partial charge in [-0.25, -0.2) is 4.79 Å². The maximum atomic E-state index is 13.0. The number of rotatable bonds is 9. The van der Waals surface area contributed by atoms with Gasteiger partial charge in [0.15, 0.2) is 0 Å². The summed E-state index contributed by atoms with van der Waals surface area (Å²) in [6.45, 7) is 2.24. The van der Waals surface area contributed by atoms with Crippen LogP contribution in [0.25, 0.3) is 0 Å². The Labute approximate surface area is 241 Å². The van der Waals surface area contributed by atoms with Gasteiger partial charge in [0.1, 0.15) is 6.54 Å². The first kappa shape index (κ1) is 30.4. The smallest absolute Gasteiger partial charge is 0.383 e. The lowest BCUT2D eigenvalue weighted by Crippen LogP contribution is -2.50. The molecule has 0 radical (unpaired) electrons. The fourth-order valence-corrected chi connectivity index (χ4v) is 4.49. The number of hydrogen-bond donors (Lipinski definition) is 2. The summed E-state index contributed by atoms with van der Waals surface area (Å²) in [4.78, 5) is 43.3. The van der Waals surface area contributed by atoms with E-state index in [1.807, 2.05) is 18.2 Å². The summed E-state index contributed by atoms with van der Waals surface area (Å²) in [5.74, 6) is -0.607. The highest BCUT2D eigenvalue weighted by atomic mass is 19.4. The van der Waals surface area contributed by atoms with Gasteiger partial charge in [-0.2, -0.15) is 13.2 Å². The minimum atomic E-state index is -4.49. The molecule has 0 saturated carbocycles. The Morgan fingerprint density at radius 1 is 0.857 bits per heavy atom. The minimum absolute atomic E-state index is 0.0844. The lowest BCUT2D eigenvalue weighted by Gasteiger charge is -2.36. The van der Waals surface area contributed by atoms with Crippen molar-refractivity contribution in [2.24, 2.45) is 0 Å². The standard InChI is InChI=1S/C30H32F3N5O4/c1-42-19-18-38(28(40)22-6-3-2-4-7-22)21-27(39)34-24-10-12-26(13-11-24)36-14-16-37(17-15-36)29(41)35-25-9-5-8-23(20-25)30(31,32)33/h2-13,20H,14-19,21H2,1H3,(H,34,39)(H,35,41). The molecule has 1 saturated heterocycles. The van der Waals surface area contributed by atoms with Crippen molar-refractivity contribution in [2.75, 3.05) is 68.5 Å². The number of nitrogens with one attached hydrogen (secondary N) is 2. The average Bonchev–Trinajstić information content (AvgIpc) is 2.99. The maximum Gasteiger partial charge on any atom is 0.416 e. The molecule has 42 heavy (non-hydrogen) atoms. The molecule has 222 valence electrons. The molecule has 4 rings (SSSR count). The van der Waals surface area contributed by atoms with E-state index in [-0.39, 0.29) is 30.6 Å². The molecule has 0 spiro atoms. The van der Waals surface area contributed by atoms with Gasteiger partial charge >= 0.3 is 12.2 Å². The molecule has 3 aromatic rings. The van der Waals surface area contributed by atoms with E-state index in [1.165, 1.54) is 24.1 Å². The molecule has 1 aliphatic rings. The van der Waals surface area contributed by atoms with Crippen molar-refractivity contribution < 1.29 is 32.3 Å². The van der Waals surface area contributed by atoms with Gasteiger partial charge in [-0.15, -0.1) is 0 Å². The summed E-state index contributed by atoms with van der Waals surface area (Å²) in [6.07, 6.45) is -4.49. The second-order valence-corrected chi connectivity index (χ2v) is 9.66. The second kappa shape index (κ2) is 13.9. The molecule has 1 fully saturated rings. The van der Waals surface area contributed by atoms with Crippen molar-refractivity contribution in [1.29, 1.82) is 0 Å². The van der Waals surface area contributed by atoms with Crippen LogP contribution in [-0.4, -0.2) is 80.6 Å². The SMILES string of the molecule is COCCN(CC(=O)Nc1ccc(N2CCN(C(=O)Nc3cccc(C(F)(F)F)c3)CC2)cc1)C(=O)c1ccccc1. The number of alkyl halides is 3. The fourth-order valence-electron chi connectivity index (χ4n) is 4.49. The molecule has 1 aliphatic heterocycles. The third-order valence-electron chi connectivity index (χ3n) is 6.73. The van der Waals surface area contributed by atoms with E-state index in [2.05, 4.69) is 15.5 Å². The molecule has 4 amide bonds. The highest BCUT2D eigenvalue weighted by Crippen LogP contribution is 2.30. The van der Waals surface area contributed by atoms with Crippen LogP contribution in [0, 0.1) is 0 Å². The van der Waals surface area contributed by atoms with Gasteiger partial charge in [0.05, 0.1) is 12.2 Å². The van der Waals surface area contributed by atoms with Crippen molar-refractivity contribution in [3.63, 3.8) is 0 Å². The number of benzene rings is 3. The fraction of sp³-hybridized carbons (Fsp3) is 0.300. The van der Waals surface area contributed by atoms with E-state index < -0.39 is 17.8 Å². The van der Waals surface area contributed by atoms with Crippen molar-refractivity contribution in [1.82, 2.24) is 9.80 Å². The van der Waals surface area contributed by atoms with Gasteiger partial charge in [-0.05, 0) is 54.6 Å². The molecule has 0 unspecified atom stereocenters. The molecular weight excluding hydrogens is 551 g/mol. The van der Waals surface area contributed by atoms with Crippen LogP contribution in [0.4, 0.5) is 35.0 Å². The van der Waals surface area contributed by atoms with Crippen LogP contribution >= 0.6 is 0 Å². The molecule has 0 aromatic heterocycles. The molecule has 3 aromatic carbocycles. The zero-order chi connectivity index (χ0) is 30.1. The topological polar surface area (TPSA) is 94.2 Å². The maximum absolute atomic E-state index is 13.0. The summed E-state index contributed by atoms with van der Waals surface area (Å²) < 4.78 is 44.0. The molecule has 2 N–H and O–H groups in total. The Morgan fingerprint density at radius 3 is 2.19 bits per heavy atom. The summed E-state index contributed by atoms with van der Waals surface area (Å²) in [7, 11) is 1.53. The number of anilines is 3. The van der Waals surface area contributed by atoms with Crippen LogP contribution in [0.15, 0.2) is 78.9 Å². The first-order chi connectivity index (χ1) is 20.1. The van der Waals surface area contributed by atoms with E-state index in [4.69, 9.17) is 4.74 Å². The summed E-state index contributed by atoms with van der Waals surface area (Å²) >= 11 is 0. The van der Waals surface area contributed by atoms with E-state index in [0.717, 1.165) is 17.8 Å². The Balaban J connectivity index is 1.27. The highest BCUT2D eigenvalue weighted by Gasteiger charge is 2.31. The van der Waals surface area contributed by atoms with Gasteiger partial charge < -0.3 is 30.1 Å². The predicted molar refractivity (Wildman–Crippen MR) is 154 cm³/mol. The Hall–Kier alpha value is -4.58. The lowest BCUT2D eigenvalue weighted by atomic mass is 10.2. The van der Waals surface area contributed by atoms with Gasteiger partial charge in [0, 0.05) is 62.5 Å². The molecule has 9 nitrogen and oxygen atoms in total. The molecule has 0 aliphatic carbocycles. The van der Waals surface area contributed by atoms with Crippen molar-refractivity contribution in [3.05, 3.63) is 90.0 Å². The van der Waals surface area contributed by atoms with E-state index in [1.54, 1.807) is 41.3 Å². The van der Waals surface area contributed by atoms with Crippen molar-refractivity contribution >= 4 is 34.9 Å². The van der Waals surface area contributed by atoms with Crippen LogP contribution in [0.2, 0.25) is 0 Å². The molecule has 0 atom stereocenters. The number of carbonyl (C=O) groups is 3. The van der Waals surface area contributed by atoms with Gasteiger partial charge in [0.2, 0.25) is 5.91 Å². The summed E-state index contributed by atoms with van der Waals surface area (Å²) in [5.41, 5.74) is 1.21. The van der Waals surface area contributed by atoms with Crippen LogP contribution in [-0.2, 0) is 15.7 Å². The van der Waals surface area contributed by atoms with Crippen LogP contribution in [0.1, 0.15) is 15.9 Å². The lowest BCUT2D eigenvalue weighted by molar-refractivity contribution is -0.137. The average molecular weight is 584 g/mol. The molecule has 0 bridgehead atoms. The monoisotopic (exact) mass is 583 g/mol. The zero-order valence-corrected chi connectivity index (χ0v) is 23.1. The molecular formula is C30H32F3N5O4. The number of urea groups is 1. The number of halogens is 3. The number of carbonyl (C=O) groups excluding carboxylic acids is 3. The van der Waals surface area contributed by atoms with Crippen molar-refractivity contribution in [3.8, 4) is 0 Å². The number of methoxy groups -OCH3 is 1. The molecule has 1 heterocycles. The molecule has 12 heteroatoms. The number of nitrogens with zero attached hydrogens (tertiary/aromatic N) is 3. The third-order valence-corrected chi connectivity index (χ3v) is 6.73. The van der Waals surface area contributed by atoms with Crippen LogP contribution < -0.4 is 15.5 Å². The van der Waals surface area contributed by atoms with E-state index in [9.17, 15) is 27.6 Å². The number of ether oxygens (including phenoxy) is 1. The quantitative estimate of drug-likeness (QED) is 0.378. The summed E-state index contributed by atoms with van der Waals surface area (Å²) in [5, 5.41) is 5.36. The zero-order valence-electron chi connectivity index (χ0n) is 23.1. The highest BCUT2D eigenvalue weighted by molar-refractivity contribution is 5.99. The number of piperazine rings is 1. The van der Waals surface area contributed by atoms with E-state index in [0.29, 0.717) is 44.0 Å². The second-order valence-electron chi connectivity index (χ2n) is 9.66. The van der Waals surface area contributed by atoms with Crippen molar-refractivity contribution in [2.45, 2.75) is 6.18 Å². The summed E-state index contributed by atoms with van der Waals surface area (Å²) in [6, 6.07) is 20.0.